The maximum Gasteiger partial charge on any atom is 0.427 e. The SMILES string of the molecule is CN(C)C(=O)[C@@H](NC(=O)CNC(=O)C(=O)C(CC1CC1)NC(=O)[C@@H]1C2C(CN1C(=O)C(NC(=O)OC(C)(C)C(F)(F)F)C(C)(C)C)C2(C)C)c1ccccc1. The average molecular weight is 779 g/mol. The number of piperidine rings is 1. The second-order valence-electron chi connectivity index (χ2n) is 17.2. The number of hydrogen-bond acceptors (Lipinski definition) is 8. The number of ketones is 1. The van der Waals surface area contributed by atoms with Crippen molar-refractivity contribution in [1.82, 2.24) is 31.1 Å². The van der Waals surface area contributed by atoms with Gasteiger partial charge in [0.2, 0.25) is 35.0 Å². The van der Waals surface area contributed by atoms with Gasteiger partial charge in [-0.15, -0.1) is 0 Å². The van der Waals surface area contributed by atoms with Crippen LogP contribution in [0, 0.1) is 28.6 Å². The Bertz CT molecular complexity index is 1670. The third kappa shape index (κ3) is 9.95. The molecule has 1 aromatic rings. The molecule has 0 spiro atoms. The lowest BCUT2D eigenvalue weighted by Gasteiger charge is -2.38. The minimum Gasteiger partial charge on any atom is -0.434 e. The summed E-state index contributed by atoms with van der Waals surface area (Å²) in [5.41, 5.74) is -3.73. The maximum atomic E-state index is 14.2. The van der Waals surface area contributed by atoms with Crippen LogP contribution in [0.25, 0.3) is 0 Å². The van der Waals surface area contributed by atoms with Crippen molar-refractivity contribution in [1.29, 1.82) is 0 Å². The van der Waals surface area contributed by atoms with Crippen molar-refractivity contribution >= 4 is 41.4 Å². The lowest BCUT2D eigenvalue weighted by Crippen LogP contribution is -2.61. The zero-order valence-electron chi connectivity index (χ0n) is 32.8. The number of amides is 6. The Morgan fingerprint density at radius 2 is 1.53 bits per heavy atom. The minimum absolute atomic E-state index is 0.0573. The number of carbonyl (C=O) groups excluding carboxylic acids is 7. The summed E-state index contributed by atoms with van der Waals surface area (Å²) < 4.78 is 45.0. The molecule has 1 heterocycles. The molecule has 0 bridgehead atoms. The topological polar surface area (TPSA) is 183 Å². The molecule has 4 N–H and O–H groups in total. The van der Waals surface area contributed by atoms with Crippen molar-refractivity contribution in [3.05, 3.63) is 35.9 Å². The van der Waals surface area contributed by atoms with E-state index < -0.39 is 89.3 Å². The van der Waals surface area contributed by atoms with Gasteiger partial charge in [0.15, 0.2) is 0 Å². The van der Waals surface area contributed by atoms with E-state index >= 15 is 0 Å². The van der Waals surface area contributed by atoms with Crippen molar-refractivity contribution in [2.24, 2.45) is 28.6 Å². The van der Waals surface area contributed by atoms with Crippen molar-refractivity contribution in [2.75, 3.05) is 27.2 Å². The number of nitrogens with one attached hydrogen (secondary N) is 4. The molecular formula is C38H53F3N6O8. The molecule has 2 aliphatic carbocycles. The van der Waals surface area contributed by atoms with E-state index in [0.717, 1.165) is 12.8 Å². The van der Waals surface area contributed by atoms with Gasteiger partial charge in [-0.05, 0) is 54.4 Å². The fraction of sp³-hybridized carbons (Fsp3) is 0.658. The van der Waals surface area contributed by atoms with Crippen LogP contribution in [0.4, 0.5) is 18.0 Å². The van der Waals surface area contributed by atoms with E-state index in [-0.39, 0.29) is 36.1 Å². The Morgan fingerprint density at radius 3 is 2.05 bits per heavy atom. The molecular weight excluding hydrogens is 725 g/mol. The lowest BCUT2D eigenvalue weighted by molar-refractivity contribution is -0.244. The second-order valence-corrected chi connectivity index (χ2v) is 17.2. The van der Waals surface area contributed by atoms with Crippen molar-refractivity contribution in [3.63, 3.8) is 0 Å². The molecule has 304 valence electrons. The monoisotopic (exact) mass is 778 g/mol. The summed E-state index contributed by atoms with van der Waals surface area (Å²) in [6.45, 7) is 9.51. The molecule has 1 aromatic carbocycles. The number of fused-ring (bicyclic) bond motifs is 1. The predicted molar refractivity (Wildman–Crippen MR) is 193 cm³/mol. The van der Waals surface area contributed by atoms with Gasteiger partial charge >= 0.3 is 12.3 Å². The van der Waals surface area contributed by atoms with Gasteiger partial charge in [0.1, 0.15) is 18.1 Å². The Balaban J connectivity index is 1.47. The Kier molecular flexibility index (Phi) is 12.4. The molecule has 3 fully saturated rings. The highest BCUT2D eigenvalue weighted by molar-refractivity contribution is 6.38. The van der Waals surface area contributed by atoms with Crippen molar-refractivity contribution in [3.8, 4) is 0 Å². The molecule has 3 aliphatic rings. The van der Waals surface area contributed by atoms with Crippen LogP contribution in [0.15, 0.2) is 30.3 Å². The summed E-state index contributed by atoms with van der Waals surface area (Å²) in [6.07, 6.45) is -4.65. The predicted octanol–water partition coefficient (Wildman–Crippen LogP) is 2.87. The van der Waals surface area contributed by atoms with Crippen molar-refractivity contribution < 1.29 is 51.5 Å². The molecule has 17 heteroatoms. The summed E-state index contributed by atoms with van der Waals surface area (Å²) in [5.74, 6) is -5.09. The van der Waals surface area contributed by atoms with Gasteiger partial charge in [-0.3, -0.25) is 28.8 Å². The number of nitrogens with zero attached hydrogens (tertiary/aromatic N) is 2. The van der Waals surface area contributed by atoms with Gasteiger partial charge in [-0.1, -0.05) is 77.8 Å². The first-order valence-electron chi connectivity index (χ1n) is 18.3. The number of likely N-dealkylation sites (tertiary alicyclic amines) is 1. The lowest BCUT2D eigenvalue weighted by atomic mass is 9.85. The molecule has 2 saturated carbocycles. The quantitative estimate of drug-likeness (QED) is 0.208. The number of likely N-dealkylation sites (N-methyl/N-ethyl adjacent to an activating group) is 1. The van der Waals surface area contributed by atoms with E-state index in [2.05, 4.69) is 26.0 Å². The highest BCUT2D eigenvalue weighted by Crippen LogP contribution is 2.65. The number of halogens is 3. The van der Waals surface area contributed by atoms with Crippen molar-refractivity contribution in [2.45, 2.75) is 104 Å². The number of carbonyl (C=O) groups is 7. The van der Waals surface area contributed by atoms with Gasteiger partial charge in [0, 0.05) is 20.6 Å². The van der Waals surface area contributed by atoms with Crippen LogP contribution in [-0.2, 0) is 33.5 Å². The fourth-order valence-corrected chi connectivity index (χ4v) is 7.05. The Hall–Kier alpha value is -4.70. The Labute approximate surface area is 319 Å². The maximum absolute atomic E-state index is 14.2. The van der Waals surface area contributed by atoms with E-state index in [0.29, 0.717) is 19.4 Å². The van der Waals surface area contributed by atoms with Gasteiger partial charge < -0.3 is 35.8 Å². The number of rotatable bonds is 14. The van der Waals surface area contributed by atoms with E-state index in [1.54, 1.807) is 51.1 Å². The van der Waals surface area contributed by atoms with Crippen LogP contribution < -0.4 is 21.3 Å². The van der Waals surface area contributed by atoms with E-state index in [1.165, 1.54) is 23.9 Å². The molecule has 4 unspecified atom stereocenters. The first-order chi connectivity index (χ1) is 25.3. The molecule has 6 atom stereocenters. The van der Waals surface area contributed by atoms with E-state index in [4.69, 9.17) is 0 Å². The molecule has 14 nitrogen and oxygen atoms in total. The zero-order chi connectivity index (χ0) is 41.4. The van der Waals surface area contributed by atoms with Crippen LogP contribution in [-0.4, -0.2) is 108 Å². The van der Waals surface area contributed by atoms with Gasteiger partial charge in [-0.25, -0.2) is 4.79 Å². The number of alkyl carbamates (subject to hydrolysis) is 1. The number of ether oxygens (including phenoxy) is 1. The van der Waals surface area contributed by atoms with Gasteiger partial charge in [0.25, 0.3) is 5.91 Å². The largest absolute Gasteiger partial charge is 0.434 e. The summed E-state index contributed by atoms with van der Waals surface area (Å²) >= 11 is 0. The van der Waals surface area contributed by atoms with Crippen LogP contribution >= 0.6 is 0 Å². The summed E-state index contributed by atoms with van der Waals surface area (Å²) in [5, 5.41) is 9.86. The molecule has 1 saturated heterocycles. The number of hydrogen-bond donors (Lipinski definition) is 4. The first kappa shape index (κ1) is 43.0. The normalized spacial score (nSPS) is 21.9. The average Bonchev–Trinajstić information content (AvgIpc) is 3.93. The van der Waals surface area contributed by atoms with Gasteiger partial charge in [0.05, 0.1) is 12.6 Å². The molecule has 0 radical (unpaired) electrons. The summed E-state index contributed by atoms with van der Waals surface area (Å²) in [6, 6.07) is 3.65. The number of alkyl halides is 3. The second kappa shape index (κ2) is 15.8. The highest BCUT2D eigenvalue weighted by atomic mass is 19.4. The van der Waals surface area contributed by atoms with Crippen LogP contribution in [0.2, 0.25) is 0 Å². The molecule has 55 heavy (non-hydrogen) atoms. The number of benzene rings is 1. The van der Waals surface area contributed by atoms with Crippen LogP contribution in [0.5, 0.6) is 0 Å². The van der Waals surface area contributed by atoms with E-state index in [1.807, 2.05) is 13.8 Å². The standard InChI is InChI=1S/C38H53F3N6O8/c1-35(2,3)29(45-34(54)55-37(6,7)38(39,40)41)33(53)47-19-22-25(36(22,4)5)27(47)30(50)43-23(17-20-15-16-20)28(49)31(51)42-18-24(48)44-26(32(52)46(8)9)21-13-11-10-12-14-21/h10-14,20,22-23,25-27,29H,15-19H2,1-9H3,(H,42,51)(H,43,50)(H,44,48)(H,45,54)/t22?,23?,25?,26-,27-,29?/m0/s1. The van der Waals surface area contributed by atoms with Gasteiger partial charge in [-0.2, -0.15) is 13.2 Å². The fourth-order valence-electron chi connectivity index (χ4n) is 7.05. The zero-order valence-corrected chi connectivity index (χ0v) is 32.8. The molecule has 4 rings (SSSR count). The van der Waals surface area contributed by atoms with Crippen LogP contribution in [0.1, 0.15) is 79.3 Å². The third-order valence-corrected chi connectivity index (χ3v) is 10.8. The molecule has 0 aromatic heterocycles. The summed E-state index contributed by atoms with van der Waals surface area (Å²) in [7, 11) is 3.06. The minimum atomic E-state index is -4.88. The smallest absolute Gasteiger partial charge is 0.427 e. The van der Waals surface area contributed by atoms with E-state index in [9.17, 15) is 46.7 Å². The number of Topliss-reactive ketones (excluding diaryl/α,β-unsaturated/α-hetero) is 1. The Morgan fingerprint density at radius 1 is 0.927 bits per heavy atom. The first-order valence-corrected chi connectivity index (χ1v) is 18.3. The third-order valence-electron chi connectivity index (χ3n) is 10.8. The molecule has 6 amide bonds. The van der Waals surface area contributed by atoms with Crippen LogP contribution in [0.3, 0.4) is 0 Å². The summed E-state index contributed by atoms with van der Waals surface area (Å²) in [4.78, 5) is 96.0. The molecule has 1 aliphatic heterocycles. The highest BCUT2D eigenvalue weighted by Gasteiger charge is 2.70.